The predicted molar refractivity (Wildman–Crippen MR) is 106 cm³/mol. The van der Waals surface area contributed by atoms with Crippen LogP contribution in [0.2, 0.25) is 0 Å². The van der Waals surface area contributed by atoms with Gasteiger partial charge >= 0.3 is 0 Å². The Balaban J connectivity index is 1.49. The number of aromatic nitrogens is 4. The van der Waals surface area contributed by atoms with Gasteiger partial charge in [-0.2, -0.15) is 9.78 Å². The van der Waals surface area contributed by atoms with Crippen molar-refractivity contribution in [3.8, 4) is 5.95 Å². The SMILES string of the molecule is CCOC1CCC(NC(=O)c2cnc(-n3nc(C)c4ccc(F)c(F)c43)nc2)CC1. The third-order valence-corrected chi connectivity index (χ3v) is 5.42. The van der Waals surface area contributed by atoms with E-state index >= 15 is 0 Å². The van der Waals surface area contributed by atoms with Crippen molar-refractivity contribution in [2.45, 2.75) is 51.7 Å². The number of aryl methyl sites for hydroxylation is 1. The van der Waals surface area contributed by atoms with Gasteiger partial charge in [-0.05, 0) is 51.7 Å². The van der Waals surface area contributed by atoms with Crippen molar-refractivity contribution in [2.24, 2.45) is 0 Å². The average molecular weight is 415 g/mol. The molecule has 7 nitrogen and oxygen atoms in total. The quantitative estimate of drug-likeness (QED) is 0.690. The number of rotatable bonds is 5. The minimum absolute atomic E-state index is 0.0317. The summed E-state index contributed by atoms with van der Waals surface area (Å²) in [5.41, 5.74) is 0.790. The number of nitrogens with one attached hydrogen (secondary N) is 1. The summed E-state index contributed by atoms with van der Waals surface area (Å²) in [6, 6.07) is 2.62. The molecule has 1 saturated carbocycles. The van der Waals surface area contributed by atoms with Crippen LogP contribution in [-0.4, -0.2) is 44.4 Å². The summed E-state index contributed by atoms with van der Waals surface area (Å²) >= 11 is 0. The van der Waals surface area contributed by atoms with Gasteiger partial charge in [-0.25, -0.2) is 18.7 Å². The lowest BCUT2D eigenvalue weighted by atomic mass is 9.93. The first kappa shape index (κ1) is 20.3. The molecule has 1 fully saturated rings. The number of carbonyl (C=O) groups excluding carboxylic acids is 1. The average Bonchev–Trinajstić information content (AvgIpc) is 3.09. The van der Waals surface area contributed by atoms with Crippen molar-refractivity contribution in [1.82, 2.24) is 25.1 Å². The second kappa shape index (κ2) is 8.43. The molecule has 9 heteroatoms. The van der Waals surface area contributed by atoms with Gasteiger partial charge in [-0.1, -0.05) is 0 Å². The molecule has 0 unspecified atom stereocenters. The molecule has 4 rings (SSSR count). The predicted octanol–water partition coefficient (Wildman–Crippen LogP) is 3.48. The molecule has 0 bridgehead atoms. The number of hydrogen-bond donors (Lipinski definition) is 1. The Bertz CT molecular complexity index is 1060. The normalized spacial score (nSPS) is 19.2. The molecule has 0 atom stereocenters. The van der Waals surface area contributed by atoms with Crippen molar-refractivity contribution >= 4 is 16.8 Å². The molecule has 0 spiro atoms. The number of amides is 1. The van der Waals surface area contributed by atoms with Crippen LogP contribution in [0.5, 0.6) is 0 Å². The number of fused-ring (bicyclic) bond motifs is 1. The molecule has 0 radical (unpaired) electrons. The van der Waals surface area contributed by atoms with E-state index < -0.39 is 11.6 Å². The third-order valence-electron chi connectivity index (χ3n) is 5.42. The molecule has 2 heterocycles. The van der Waals surface area contributed by atoms with E-state index in [1.54, 1.807) is 6.92 Å². The molecule has 1 amide bonds. The van der Waals surface area contributed by atoms with Crippen molar-refractivity contribution in [3.05, 3.63) is 47.4 Å². The fraction of sp³-hybridized carbons (Fsp3) is 0.429. The molecule has 1 aliphatic carbocycles. The van der Waals surface area contributed by atoms with Crippen molar-refractivity contribution in [1.29, 1.82) is 0 Å². The Morgan fingerprint density at radius 3 is 2.57 bits per heavy atom. The zero-order valence-corrected chi connectivity index (χ0v) is 16.9. The number of halogens is 2. The van der Waals surface area contributed by atoms with E-state index in [0.717, 1.165) is 36.4 Å². The molecule has 30 heavy (non-hydrogen) atoms. The Labute approximate surface area is 172 Å². The van der Waals surface area contributed by atoms with Gasteiger partial charge in [0.2, 0.25) is 0 Å². The van der Waals surface area contributed by atoms with E-state index in [0.29, 0.717) is 23.3 Å². The summed E-state index contributed by atoms with van der Waals surface area (Å²) in [5, 5.41) is 7.70. The Morgan fingerprint density at radius 2 is 1.90 bits per heavy atom. The second-order valence-electron chi connectivity index (χ2n) is 7.43. The summed E-state index contributed by atoms with van der Waals surface area (Å²) in [7, 11) is 0. The first-order valence-electron chi connectivity index (χ1n) is 10.1. The van der Waals surface area contributed by atoms with E-state index in [1.165, 1.54) is 18.5 Å². The highest BCUT2D eigenvalue weighted by molar-refractivity contribution is 5.93. The van der Waals surface area contributed by atoms with Gasteiger partial charge in [0.05, 0.1) is 17.4 Å². The highest BCUT2D eigenvalue weighted by Crippen LogP contribution is 2.25. The largest absolute Gasteiger partial charge is 0.379 e. The van der Waals surface area contributed by atoms with Crippen LogP contribution in [0.1, 0.15) is 48.7 Å². The van der Waals surface area contributed by atoms with Crippen LogP contribution in [-0.2, 0) is 4.74 Å². The van der Waals surface area contributed by atoms with Gasteiger partial charge < -0.3 is 10.1 Å². The summed E-state index contributed by atoms with van der Waals surface area (Å²) in [5.74, 6) is -2.19. The van der Waals surface area contributed by atoms with Gasteiger partial charge in [-0.15, -0.1) is 0 Å². The van der Waals surface area contributed by atoms with Crippen LogP contribution in [0.25, 0.3) is 16.9 Å². The standard InChI is InChI=1S/C21H23F2N5O2/c1-3-30-15-6-4-14(5-7-15)26-20(29)13-10-24-21(25-11-13)28-19-16(12(2)27-28)8-9-17(22)18(19)23/h8-11,14-15H,3-7H2,1-2H3,(H,26,29). The van der Waals surface area contributed by atoms with Crippen LogP contribution in [0.15, 0.2) is 24.5 Å². The molecule has 0 saturated heterocycles. The molecule has 1 aromatic carbocycles. The van der Waals surface area contributed by atoms with Crippen LogP contribution in [0, 0.1) is 18.6 Å². The number of ether oxygens (including phenoxy) is 1. The molecule has 1 aliphatic rings. The molecule has 1 N–H and O–H groups in total. The summed E-state index contributed by atoms with van der Waals surface area (Å²) < 4.78 is 34.8. The molecular formula is C21H23F2N5O2. The smallest absolute Gasteiger partial charge is 0.254 e. The maximum atomic E-state index is 14.3. The van der Waals surface area contributed by atoms with Crippen LogP contribution in [0.3, 0.4) is 0 Å². The lowest BCUT2D eigenvalue weighted by molar-refractivity contribution is 0.0300. The van der Waals surface area contributed by atoms with Crippen LogP contribution in [0.4, 0.5) is 8.78 Å². The topological polar surface area (TPSA) is 81.9 Å². The summed E-state index contributed by atoms with van der Waals surface area (Å²) in [6.45, 7) is 4.38. The fourth-order valence-corrected chi connectivity index (χ4v) is 3.86. The number of hydrogen-bond acceptors (Lipinski definition) is 5. The van der Waals surface area contributed by atoms with E-state index in [4.69, 9.17) is 4.74 Å². The fourth-order valence-electron chi connectivity index (χ4n) is 3.86. The molecule has 0 aliphatic heterocycles. The highest BCUT2D eigenvalue weighted by atomic mass is 19.2. The lowest BCUT2D eigenvalue weighted by Crippen LogP contribution is -2.39. The van der Waals surface area contributed by atoms with Gasteiger partial charge in [0, 0.05) is 30.4 Å². The van der Waals surface area contributed by atoms with Crippen molar-refractivity contribution < 1.29 is 18.3 Å². The van der Waals surface area contributed by atoms with E-state index in [2.05, 4.69) is 20.4 Å². The van der Waals surface area contributed by atoms with Gasteiger partial charge in [0.1, 0.15) is 5.52 Å². The minimum atomic E-state index is -1.01. The van der Waals surface area contributed by atoms with Crippen LogP contribution < -0.4 is 5.32 Å². The molecule has 3 aromatic rings. The van der Waals surface area contributed by atoms with E-state index in [1.807, 2.05) is 6.92 Å². The van der Waals surface area contributed by atoms with Gasteiger partial charge in [0.15, 0.2) is 11.6 Å². The molecule has 2 aromatic heterocycles. The van der Waals surface area contributed by atoms with Crippen molar-refractivity contribution in [3.63, 3.8) is 0 Å². The number of nitrogens with zero attached hydrogens (tertiary/aromatic N) is 4. The summed E-state index contributed by atoms with van der Waals surface area (Å²) in [4.78, 5) is 20.8. The van der Waals surface area contributed by atoms with Gasteiger partial charge in [-0.3, -0.25) is 4.79 Å². The first-order valence-corrected chi connectivity index (χ1v) is 10.1. The molecular weight excluding hydrogens is 392 g/mol. The Kier molecular flexibility index (Phi) is 5.72. The lowest BCUT2D eigenvalue weighted by Gasteiger charge is -2.28. The number of benzene rings is 1. The van der Waals surface area contributed by atoms with Crippen LogP contribution >= 0.6 is 0 Å². The van der Waals surface area contributed by atoms with E-state index in [-0.39, 0.29) is 29.5 Å². The molecule has 158 valence electrons. The monoisotopic (exact) mass is 415 g/mol. The third kappa shape index (κ3) is 3.89. The zero-order valence-electron chi connectivity index (χ0n) is 16.9. The highest BCUT2D eigenvalue weighted by Gasteiger charge is 2.23. The Morgan fingerprint density at radius 1 is 1.20 bits per heavy atom. The minimum Gasteiger partial charge on any atom is -0.379 e. The summed E-state index contributed by atoms with van der Waals surface area (Å²) in [6.07, 6.45) is 6.55. The maximum Gasteiger partial charge on any atom is 0.254 e. The van der Waals surface area contributed by atoms with Gasteiger partial charge in [0.25, 0.3) is 11.9 Å². The van der Waals surface area contributed by atoms with E-state index in [9.17, 15) is 13.6 Å². The second-order valence-corrected chi connectivity index (χ2v) is 7.43. The Hall–Kier alpha value is -2.94. The number of carbonyl (C=O) groups is 1. The first-order chi connectivity index (χ1) is 14.5. The maximum absolute atomic E-state index is 14.3. The van der Waals surface area contributed by atoms with Crippen molar-refractivity contribution in [2.75, 3.05) is 6.61 Å². The zero-order chi connectivity index (χ0) is 21.3.